The molecule has 0 unspecified atom stereocenters. The quantitative estimate of drug-likeness (QED) is 0.456. The Kier molecular flexibility index (Phi) is 5.03. The van der Waals surface area contributed by atoms with Gasteiger partial charge in [0.1, 0.15) is 17.5 Å². The minimum absolute atomic E-state index is 0.169. The van der Waals surface area contributed by atoms with Crippen LogP contribution in [0.2, 0.25) is 5.02 Å². The Hall–Kier alpha value is -2.42. The van der Waals surface area contributed by atoms with Crippen molar-refractivity contribution in [2.75, 3.05) is 29.6 Å². The fourth-order valence-corrected chi connectivity index (χ4v) is 3.71. The zero-order valence-electron chi connectivity index (χ0n) is 13.9. The maximum Gasteiger partial charge on any atom is 0.187 e. The molecule has 0 spiro atoms. The van der Waals surface area contributed by atoms with Crippen molar-refractivity contribution in [3.8, 4) is 6.07 Å². The van der Waals surface area contributed by atoms with Crippen LogP contribution >= 0.6 is 23.4 Å². The van der Waals surface area contributed by atoms with Gasteiger partial charge in [0.2, 0.25) is 0 Å². The van der Waals surface area contributed by atoms with Crippen LogP contribution in [-0.4, -0.2) is 25.6 Å². The molecule has 0 saturated carbocycles. The summed E-state index contributed by atoms with van der Waals surface area (Å²) >= 11 is 7.27. The fourth-order valence-electron chi connectivity index (χ4n) is 2.81. The van der Waals surface area contributed by atoms with Crippen molar-refractivity contribution in [1.29, 1.82) is 5.26 Å². The number of rotatable bonds is 4. The number of anilines is 2. The van der Waals surface area contributed by atoms with Crippen molar-refractivity contribution in [1.82, 2.24) is 0 Å². The molecule has 0 bridgehead atoms. The van der Waals surface area contributed by atoms with Gasteiger partial charge in [0.15, 0.2) is 5.78 Å². The molecule has 0 aliphatic carbocycles. The number of hydrogen-bond donors (Lipinski definition) is 0. The first kappa shape index (κ1) is 17.4. The van der Waals surface area contributed by atoms with Crippen LogP contribution in [0.5, 0.6) is 0 Å². The number of hydrogen-bond acceptors (Lipinski definition) is 5. The van der Waals surface area contributed by atoms with E-state index in [9.17, 15) is 10.1 Å². The van der Waals surface area contributed by atoms with Crippen LogP contribution in [0.3, 0.4) is 0 Å². The molecule has 0 radical (unpaired) electrons. The summed E-state index contributed by atoms with van der Waals surface area (Å²) in [6.45, 7) is 0. The lowest BCUT2D eigenvalue weighted by Gasteiger charge is -2.19. The summed E-state index contributed by atoms with van der Waals surface area (Å²) in [5.74, 6) is 0.626. The second kappa shape index (κ2) is 7.22. The SMILES string of the molecule is CN1C(=C(C#N)C(=O)CSc2ccc(Cl)cc2)N(C)c2ccccc21. The molecular formula is C19H16ClN3OS. The van der Waals surface area contributed by atoms with Crippen molar-refractivity contribution in [3.63, 3.8) is 0 Å². The molecule has 4 nitrogen and oxygen atoms in total. The lowest BCUT2D eigenvalue weighted by molar-refractivity contribution is -0.112. The van der Waals surface area contributed by atoms with Crippen LogP contribution in [-0.2, 0) is 4.79 Å². The van der Waals surface area contributed by atoms with Crippen LogP contribution in [0.25, 0.3) is 0 Å². The number of allylic oxidation sites excluding steroid dienone is 1. The maximum absolute atomic E-state index is 12.7. The maximum atomic E-state index is 12.7. The molecule has 6 heteroatoms. The van der Waals surface area contributed by atoms with Crippen molar-refractivity contribution < 1.29 is 4.79 Å². The average molecular weight is 370 g/mol. The molecule has 0 amide bonds. The highest BCUT2D eigenvalue weighted by Crippen LogP contribution is 2.40. The van der Waals surface area contributed by atoms with Gasteiger partial charge in [0, 0.05) is 24.0 Å². The highest BCUT2D eigenvalue weighted by molar-refractivity contribution is 8.00. The molecule has 3 rings (SSSR count). The average Bonchev–Trinajstić information content (AvgIpc) is 2.87. The van der Waals surface area contributed by atoms with Crippen molar-refractivity contribution >= 4 is 40.5 Å². The van der Waals surface area contributed by atoms with E-state index in [2.05, 4.69) is 6.07 Å². The molecule has 1 aliphatic heterocycles. The Balaban J connectivity index is 1.84. The second-order valence-electron chi connectivity index (χ2n) is 5.58. The number of benzene rings is 2. The van der Waals surface area contributed by atoms with Crippen LogP contribution in [0.1, 0.15) is 0 Å². The molecule has 1 aliphatic rings. The number of fused-ring (bicyclic) bond motifs is 1. The lowest BCUT2D eigenvalue weighted by atomic mass is 10.2. The molecule has 0 atom stereocenters. The first-order chi connectivity index (χ1) is 12.0. The van der Waals surface area contributed by atoms with Gasteiger partial charge in [-0.3, -0.25) is 4.79 Å². The third kappa shape index (κ3) is 3.37. The number of nitriles is 1. The number of ketones is 1. The van der Waals surface area contributed by atoms with Crippen LogP contribution in [0, 0.1) is 11.3 Å². The molecule has 0 aromatic heterocycles. The molecular weight excluding hydrogens is 354 g/mol. The van der Waals surface area contributed by atoms with Gasteiger partial charge in [-0.1, -0.05) is 23.7 Å². The molecule has 126 valence electrons. The number of thioether (sulfide) groups is 1. The summed E-state index contributed by atoms with van der Waals surface area (Å²) in [6.07, 6.45) is 0. The number of halogens is 1. The zero-order chi connectivity index (χ0) is 18.0. The Morgan fingerprint density at radius 2 is 1.64 bits per heavy atom. The summed E-state index contributed by atoms with van der Waals surface area (Å²) in [5, 5.41) is 10.3. The normalized spacial score (nSPS) is 12.8. The molecule has 1 heterocycles. The summed E-state index contributed by atoms with van der Waals surface area (Å²) in [7, 11) is 3.74. The van der Waals surface area contributed by atoms with E-state index in [0.29, 0.717) is 10.8 Å². The standard InChI is InChI=1S/C19H16ClN3OS/c1-22-16-5-3-4-6-17(16)23(2)19(22)15(11-21)18(24)12-25-14-9-7-13(20)8-10-14/h3-10H,12H2,1-2H3. The molecule has 2 aromatic rings. The van der Waals surface area contributed by atoms with Gasteiger partial charge in [-0.25, -0.2) is 0 Å². The van der Waals surface area contributed by atoms with E-state index in [1.807, 2.05) is 60.3 Å². The van der Waals surface area contributed by atoms with Gasteiger partial charge >= 0.3 is 0 Å². The van der Waals surface area contributed by atoms with E-state index < -0.39 is 0 Å². The topological polar surface area (TPSA) is 47.3 Å². The van der Waals surface area contributed by atoms with Gasteiger partial charge in [0.05, 0.1) is 17.1 Å². The van der Waals surface area contributed by atoms with Crippen LogP contribution in [0.4, 0.5) is 11.4 Å². The van der Waals surface area contributed by atoms with E-state index in [1.54, 1.807) is 12.1 Å². The number of carbonyl (C=O) groups excluding carboxylic acids is 1. The van der Waals surface area contributed by atoms with Crippen LogP contribution in [0.15, 0.2) is 64.8 Å². The summed E-state index contributed by atoms with van der Waals surface area (Å²) in [4.78, 5) is 17.4. The molecule has 0 fully saturated rings. The summed E-state index contributed by atoms with van der Waals surface area (Å²) in [5.41, 5.74) is 2.12. The molecule has 2 aromatic carbocycles. The Labute approximate surface area is 156 Å². The first-order valence-corrected chi connectivity index (χ1v) is 9.01. The van der Waals surface area contributed by atoms with Gasteiger partial charge in [-0.15, -0.1) is 11.8 Å². The van der Waals surface area contributed by atoms with Crippen molar-refractivity contribution in [2.45, 2.75) is 4.90 Å². The van der Waals surface area contributed by atoms with Gasteiger partial charge in [-0.2, -0.15) is 5.26 Å². The van der Waals surface area contributed by atoms with E-state index in [4.69, 9.17) is 11.6 Å². The third-order valence-corrected chi connectivity index (χ3v) is 5.30. The Bertz CT molecular complexity index is 855. The molecule has 0 saturated heterocycles. The van der Waals surface area contributed by atoms with Gasteiger partial charge in [-0.05, 0) is 36.4 Å². The Morgan fingerprint density at radius 3 is 2.16 bits per heavy atom. The third-order valence-electron chi connectivity index (χ3n) is 4.04. The zero-order valence-corrected chi connectivity index (χ0v) is 15.4. The second-order valence-corrected chi connectivity index (χ2v) is 7.07. The van der Waals surface area contributed by atoms with Crippen molar-refractivity contribution in [2.24, 2.45) is 0 Å². The minimum atomic E-state index is -0.191. The van der Waals surface area contributed by atoms with Gasteiger partial charge in [0.25, 0.3) is 0 Å². The highest BCUT2D eigenvalue weighted by Gasteiger charge is 2.31. The minimum Gasteiger partial charge on any atom is -0.328 e. The number of carbonyl (C=O) groups is 1. The van der Waals surface area contributed by atoms with Gasteiger partial charge < -0.3 is 9.80 Å². The predicted molar refractivity (Wildman–Crippen MR) is 103 cm³/mol. The summed E-state index contributed by atoms with van der Waals surface area (Å²) in [6, 6.07) is 17.2. The van der Waals surface area contributed by atoms with E-state index in [-0.39, 0.29) is 17.1 Å². The number of nitrogens with zero attached hydrogens (tertiary/aromatic N) is 3. The predicted octanol–water partition coefficient (Wildman–Crippen LogP) is 4.32. The molecule has 25 heavy (non-hydrogen) atoms. The fraction of sp³-hybridized carbons (Fsp3) is 0.158. The lowest BCUT2D eigenvalue weighted by Crippen LogP contribution is -2.26. The van der Waals surface area contributed by atoms with Crippen LogP contribution < -0.4 is 9.80 Å². The highest BCUT2D eigenvalue weighted by atomic mass is 35.5. The summed E-state index contributed by atoms with van der Waals surface area (Å²) < 4.78 is 0. The largest absolute Gasteiger partial charge is 0.328 e. The van der Waals surface area contributed by atoms with E-state index in [1.165, 1.54) is 11.8 Å². The Morgan fingerprint density at radius 1 is 1.08 bits per heavy atom. The molecule has 0 N–H and O–H groups in total. The monoisotopic (exact) mass is 369 g/mol. The number of para-hydroxylation sites is 2. The van der Waals surface area contributed by atoms with Crippen molar-refractivity contribution in [3.05, 3.63) is 64.9 Å². The first-order valence-electron chi connectivity index (χ1n) is 7.65. The number of Topliss-reactive ketones (excluding diaryl/α,β-unsaturated/α-hetero) is 1. The van der Waals surface area contributed by atoms with E-state index in [0.717, 1.165) is 16.3 Å². The van der Waals surface area contributed by atoms with E-state index >= 15 is 0 Å². The smallest absolute Gasteiger partial charge is 0.187 e.